The number of carbonyl (C=O) groups is 1. The fourth-order valence-electron chi connectivity index (χ4n) is 4.79. The van der Waals surface area contributed by atoms with Crippen LogP contribution in [-0.2, 0) is 17.1 Å². The lowest BCUT2D eigenvalue weighted by atomic mass is 9.78. The molecule has 0 atom stereocenters. The second-order valence-corrected chi connectivity index (χ2v) is 11.8. The quantitative estimate of drug-likeness (QED) is 0.596. The maximum Gasteiger partial charge on any atom is 0.262 e. The van der Waals surface area contributed by atoms with Crippen molar-refractivity contribution in [2.24, 2.45) is 7.05 Å². The van der Waals surface area contributed by atoms with Gasteiger partial charge in [0, 0.05) is 64.3 Å². The van der Waals surface area contributed by atoms with Crippen molar-refractivity contribution in [1.82, 2.24) is 24.1 Å². The minimum Gasteiger partial charge on any atom is -0.350 e. The molecule has 4 rings (SSSR count). The Morgan fingerprint density at radius 1 is 1.09 bits per heavy atom. The Hall–Kier alpha value is -1.79. The van der Waals surface area contributed by atoms with Gasteiger partial charge in [-0.2, -0.15) is 4.31 Å². The first kappa shape index (κ1) is 26.3. The van der Waals surface area contributed by atoms with Crippen molar-refractivity contribution in [3.8, 4) is 0 Å². The Morgan fingerprint density at radius 2 is 1.69 bits per heavy atom. The van der Waals surface area contributed by atoms with E-state index in [0.717, 1.165) is 0 Å². The molecule has 192 valence electrons. The summed E-state index contributed by atoms with van der Waals surface area (Å²) >= 11 is 12.3. The van der Waals surface area contributed by atoms with E-state index >= 15 is 0 Å². The van der Waals surface area contributed by atoms with E-state index in [4.69, 9.17) is 23.2 Å². The highest BCUT2D eigenvalue weighted by Crippen LogP contribution is 2.42. The summed E-state index contributed by atoms with van der Waals surface area (Å²) in [5.74, 6) is -3.24. The van der Waals surface area contributed by atoms with E-state index in [-0.39, 0.29) is 66.0 Å². The largest absolute Gasteiger partial charge is 0.350 e. The van der Waals surface area contributed by atoms with Crippen LogP contribution in [0.4, 0.5) is 8.78 Å². The summed E-state index contributed by atoms with van der Waals surface area (Å²) in [6.07, 6.45) is 2.60. The van der Waals surface area contributed by atoms with Crippen molar-refractivity contribution >= 4 is 39.1 Å². The van der Waals surface area contributed by atoms with Gasteiger partial charge in [0.1, 0.15) is 0 Å². The Bertz CT molecular complexity index is 1170. The number of halogens is 4. The van der Waals surface area contributed by atoms with E-state index in [1.54, 1.807) is 29.8 Å². The number of piperazine rings is 1. The number of imidazole rings is 1. The van der Waals surface area contributed by atoms with Gasteiger partial charge in [0.15, 0.2) is 5.03 Å². The smallest absolute Gasteiger partial charge is 0.262 e. The van der Waals surface area contributed by atoms with E-state index in [9.17, 15) is 22.0 Å². The molecule has 2 aliphatic rings. The molecule has 2 fully saturated rings. The third-order valence-corrected chi connectivity index (χ3v) is 9.29. The molecule has 1 aliphatic heterocycles. The zero-order valence-corrected chi connectivity index (χ0v) is 21.5. The van der Waals surface area contributed by atoms with Crippen molar-refractivity contribution in [2.75, 3.05) is 32.7 Å². The van der Waals surface area contributed by atoms with Crippen LogP contribution in [-0.4, -0.2) is 77.3 Å². The van der Waals surface area contributed by atoms with Crippen LogP contribution in [0.25, 0.3) is 0 Å². The van der Waals surface area contributed by atoms with Crippen molar-refractivity contribution in [3.05, 3.63) is 46.3 Å². The molecule has 2 aromatic rings. The minimum absolute atomic E-state index is 0.0237. The molecule has 2 heterocycles. The van der Waals surface area contributed by atoms with E-state index in [1.165, 1.54) is 16.8 Å². The van der Waals surface area contributed by atoms with E-state index in [2.05, 4.69) is 10.3 Å². The van der Waals surface area contributed by atoms with Gasteiger partial charge in [0.05, 0.1) is 21.9 Å². The lowest BCUT2D eigenvalue weighted by molar-refractivity contribution is -0.0856. The van der Waals surface area contributed by atoms with Gasteiger partial charge in [-0.1, -0.05) is 29.3 Å². The van der Waals surface area contributed by atoms with Gasteiger partial charge >= 0.3 is 0 Å². The second-order valence-electron chi connectivity index (χ2n) is 9.13. The number of aromatic nitrogens is 2. The molecule has 1 saturated heterocycles. The number of amides is 1. The molecular weight excluding hydrogens is 523 g/mol. The molecular formula is C22H27Cl2F2N5O3S. The molecule has 1 saturated carbocycles. The Kier molecular flexibility index (Phi) is 7.46. The molecule has 35 heavy (non-hydrogen) atoms. The summed E-state index contributed by atoms with van der Waals surface area (Å²) in [4.78, 5) is 18.9. The predicted molar refractivity (Wildman–Crippen MR) is 128 cm³/mol. The average Bonchev–Trinajstić information content (AvgIpc) is 3.26. The number of benzene rings is 1. The molecule has 1 aliphatic carbocycles. The fourth-order valence-corrected chi connectivity index (χ4v) is 6.75. The van der Waals surface area contributed by atoms with Crippen LogP contribution in [0, 0.1) is 0 Å². The van der Waals surface area contributed by atoms with Crippen LogP contribution in [0.2, 0.25) is 10.0 Å². The molecule has 0 unspecified atom stereocenters. The van der Waals surface area contributed by atoms with Crippen molar-refractivity contribution in [1.29, 1.82) is 0 Å². The van der Waals surface area contributed by atoms with E-state index < -0.39 is 27.4 Å². The third kappa shape index (κ3) is 5.48. The van der Waals surface area contributed by atoms with E-state index in [0.29, 0.717) is 13.1 Å². The summed E-state index contributed by atoms with van der Waals surface area (Å²) in [6, 6.07) is 4.74. The summed E-state index contributed by atoms with van der Waals surface area (Å²) in [5, 5.41) is 3.23. The van der Waals surface area contributed by atoms with Gasteiger partial charge in [-0.15, -0.1) is 0 Å². The highest BCUT2D eigenvalue weighted by atomic mass is 35.5. The molecule has 1 aromatic heterocycles. The number of carbonyl (C=O) groups excluding carboxylic acids is 1. The molecule has 13 heteroatoms. The van der Waals surface area contributed by atoms with Gasteiger partial charge in [-0.3, -0.25) is 9.69 Å². The molecule has 1 aromatic carbocycles. The van der Waals surface area contributed by atoms with Gasteiger partial charge in [0.25, 0.3) is 15.9 Å². The number of nitrogens with one attached hydrogen (secondary N) is 1. The monoisotopic (exact) mass is 549 g/mol. The van der Waals surface area contributed by atoms with Gasteiger partial charge in [-0.25, -0.2) is 22.2 Å². The van der Waals surface area contributed by atoms with Crippen molar-refractivity contribution in [2.45, 2.75) is 42.2 Å². The van der Waals surface area contributed by atoms with Crippen molar-refractivity contribution < 1.29 is 22.0 Å². The fraction of sp³-hybridized carbons (Fsp3) is 0.545. The number of hydrogen-bond donors (Lipinski definition) is 1. The SMILES string of the molecule is Cn1cnc(S(=O)(=O)N2CCN(C3(CNC(=O)c4c(Cl)cccc4Cl)CCC(F)(F)CC3)CC2)c1. The first-order chi connectivity index (χ1) is 16.4. The molecule has 1 N–H and O–H groups in total. The lowest BCUT2D eigenvalue weighted by Gasteiger charge is -2.50. The van der Waals surface area contributed by atoms with Crippen LogP contribution in [0.5, 0.6) is 0 Å². The number of nitrogens with zero attached hydrogens (tertiary/aromatic N) is 4. The summed E-state index contributed by atoms with van der Waals surface area (Å²) < 4.78 is 56.9. The highest BCUT2D eigenvalue weighted by molar-refractivity contribution is 7.89. The lowest BCUT2D eigenvalue weighted by Crippen LogP contribution is -2.63. The Labute approximate surface area is 213 Å². The van der Waals surface area contributed by atoms with Gasteiger partial charge in [-0.05, 0) is 25.0 Å². The Morgan fingerprint density at radius 3 is 2.23 bits per heavy atom. The first-order valence-electron chi connectivity index (χ1n) is 11.3. The van der Waals surface area contributed by atoms with Crippen LogP contribution >= 0.6 is 23.2 Å². The zero-order valence-electron chi connectivity index (χ0n) is 19.2. The summed E-state index contributed by atoms with van der Waals surface area (Å²) in [7, 11) is -2.06. The second kappa shape index (κ2) is 9.93. The molecule has 0 bridgehead atoms. The van der Waals surface area contributed by atoms with Crippen molar-refractivity contribution in [3.63, 3.8) is 0 Å². The molecule has 0 radical (unpaired) electrons. The zero-order chi connectivity index (χ0) is 25.4. The number of hydrogen-bond acceptors (Lipinski definition) is 5. The summed E-state index contributed by atoms with van der Waals surface area (Å²) in [5.41, 5.74) is -0.593. The number of rotatable bonds is 6. The maximum absolute atomic E-state index is 14.1. The highest BCUT2D eigenvalue weighted by Gasteiger charge is 2.48. The summed E-state index contributed by atoms with van der Waals surface area (Å²) in [6.45, 7) is 1.21. The van der Waals surface area contributed by atoms with Crippen LogP contribution in [0.1, 0.15) is 36.0 Å². The maximum atomic E-state index is 14.1. The molecule has 0 spiro atoms. The molecule has 8 nitrogen and oxygen atoms in total. The molecule has 1 amide bonds. The number of aryl methyl sites for hydroxylation is 1. The minimum atomic E-state index is -3.75. The van der Waals surface area contributed by atoms with Gasteiger partial charge in [0.2, 0.25) is 5.92 Å². The normalized spacial score (nSPS) is 21.1. The average molecular weight is 550 g/mol. The number of alkyl halides is 2. The van der Waals surface area contributed by atoms with Gasteiger partial charge < -0.3 is 9.88 Å². The third-order valence-electron chi connectivity index (χ3n) is 6.87. The van der Waals surface area contributed by atoms with E-state index in [1.807, 2.05) is 4.90 Å². The first-order valence-corrected chi connectivity index (χ1v) is 13.5. The number of sulfonamides is 1. The topological polar surface area (TPSA) is 87.5 Å². The predicted octanol–water partition coefficient (Wildman–Crippen LogP) is 3.41. The van der Waals surface area contributed by atoms with Crippen LogP contribution < -0.4 is 5.32 Å². The van der Waals surface area contributed by atoms with Crippen LogP contribution in [0.15, 0.2) is 35.7 Å². The Balaban J connectivity index is 1.49. The standard InChI is InChI=1S/C22H27Cl2F2N5O3S/c1-29-13-18(28-15-29)35(33,34)31-11-9-30(10-12-31)21(5-7-22(25,26)8-6-21)14-27-20(32)19-16(23)3-2-4-17(19)24/h2-4,13,15H,5-12,14H2,1H3,(H,27,32). The van der Waals surface area contributed by atoms with Crippen LogP contribution in [0.3, 0.4) is 0 Å².